The third-order valence-corrected chi connectivity index (χ3v) is 9.36. The summed E-state index contributed by atoms with van der Waals surface area (Å²) in [6, 6.07) is 1.53. The Bertz CT molecular complexity index is 1570. The standard InChI is InChI=1S/C19H24F3N3O4.C14H16F3N3O2/c1-17(2,3)29-16(27)25-11-18(12-25)4-6-24(7-5-18)15(26)28-14-8-13(9-23-10-14)19(20,21)22;15-14(16,17)10-5-11(7-18-6-10)22-12(21)20-3-1-13(2-4-20)8-19-9-13/h8-10H,4-7,11-12H2,1-3H3;5-7,19H,1-4,8-9H2. The molecule has 2 spiro atoms. The zero-order chi connectivity index (χ0) is 37.2. The van der Waals surface area contributed by atoms with Crippen LogP contribution in [0.4, 0.5) is 40.7 Å². The third-order valence-electron chi connectivity index (χ3n) is 9.36. The van der Waals surface area contributed by atoms with E-state index < -0.39 is 41.3 Å². The first kappa shape index (κ1) is 37.9. The van der Waals surface area contributed by atoms with Gasteiger partial charge < -0.3 is 34.2 Å². The van der Waals surface area contributed by atoms with Gasteiger partial charge in [0.15, 0.2) is 11.5 Å². The first-order valence-electron chi connectivity index (χ1n) is 16.4. The average Bonchev–Trinajstić information content (AvgIpc) is 3.02. The molecular formula is C33H40F6N6O6. The topological polar surface area (TPSA) is 126 Å². The van der Waals surface area contributed by atoms with Gasteiger partial charge in [-0.1, -0.05) is 0 Å². The van der Waals surface area contributed by atoms with Crippen molar-refractivity contribution < 1.29 is 54.9 Å². The van der Waals surface area contributed by atoms with Crippen LogP contribution in [0.3, 0.4) is 0 Å². The van der Waals surface area contributed by atoms with Gasteiger partial charge in [0, 0.05) is 70.2 Å². The van der Waals surface area contributed by atoms with Crippen LogP contribution in [0.2, 0.25) is 0 Å². The Hall–Kier alpha value is -4.35. The lowest BCUT2D eigenvalue weighted by Crippen LogP contribution is -2.62. The molecule has 3 amide bonds. The molecule has 0 atom stereocenters. The van der Waals surface area contributed by atoms with Crippen LogP contribution in [0.1, 0.15) is 57.6 Å². The van der Waals surface area contributed by atoms with Crippen LogP contribution in [0.25, 0.3) is 0 Å². The second kappa shape index (κ2) is 14.3. The average molecular weight is 731 g/mol. The maximum atomic E-state index is 12.7. The van der Waals surface area contributed by atoms with Crippen molar-refractivity contribution in [3.63, 3.8) is 0 Å². The number of hydrogen-bond acceptors (Lipinski definition) is 9. The maximum absolute atomic E-state index is 12.7. The van der Waals surface area contributed by atoms with E-state index in [1.54, 1.807) is 4.90 Å². The zero-order valence-corrected chi connectivity index (χ0v) is 28.4. The van der Waals surface area contributed by atoms with Crippen LogP contribution in [0.5, 0.6) is 11.5 Å². The van der Waals surface area contributed by atoms with Gasteiger partial charge in [0.25, 0.3) is 0 Å². The fourth-order valence-corrected chi connectivity index (χ4v) is 6.28. The number of nitrogens with one attached hydrogen (secondary N) is 1. The highest BCUT2D eigenvalue weighted by Crippen LogP contribution is 2.41. The SMILES string of the molecule is CC(C)(C)OC(=O)N1CC2(CCN(C(=O)Oc3cncc(C(F)(F)F)c3)CC2)C1.O=C(Oc1cncc(C(F)(F)F)c1)N1CCC2(CC1)CNC2. The molecule has 0 aromatic carbocycles. The van der Waals surface area contributed by atoms with E-state index in [-0.39, 0.29) is 28.4 Å². The fraction of sp³-hybridized carbons (Fsp3) is 0.606. The summed E-state index contributed by atoms with van der Waals surface area (Å²) in [6.07, 6.45) is -4.05. The monoisotopic (exact) mass is 730 g/mol. The molecule has 0 aliphatic carbocycles. The molecule has 1 N–H and O–H groups in total. The minimum atomic E-state index is -4.56. The summed E-state index contributed by atoms with van der Waals surface area (Å²) in [5, 5.41) is 3.23. The number of carbonyl (C=O) groups is 3. The maximum Gasteiger partial charge on any atom is 0.418 e. The largest absolute Gasteiger partial charge is 0.444 e. The molecule has 51 heavy (non-hydrogen) atoms. The number of rotatable bonds is 2. The summed E-state index contributed by atoms with van der Waals surface area (Å²) in [4.78, 5) is 48.0. The van der Waals surface area contributed by atoms with Gasteiger partial charge in [0.05, 0.1) is 23.5 Å². The Morgan fingerprint density at radius 3 is 1.41 bits per heavy atom. The number of aromatic nitrogens is 2. The highest BCUT2D eigenvalue weighted by atomic mass is 19.4. The van der Waals surface area contributed by atoms with Crippen molar-refractivity contribution >= 4 is 18.3 Å². The van der Waals surface area contributed by atoms with E-state index in [0.717, 1.165) is 50.5 Å². The normalized spacial score (nSPS) is 19.7. The third kappa shape index (κ3) is 9.71. The van der Waals surface area contributed by atoms with Crippen LogP contribution in [0, 0.1) is 10.8 Å². The van der Waals surface area contributed by atoms with E-state index in [1.807, 2.05) is 20.8 Å². The smallest absolute Gasteiger partial charge is 0.418 e. The lowest BCUT2D eigenvalue weighted by Gasteiger charge is -2.53. The van der Waals surface area contributed by atoms with Crippen molar-refractivity contribution in [1.29, 1.82) is 0 Å². The van der Waals surface area contributed by atoms with E-state index in [4.69, 9.17) is 14.2 Å². The number of alkyl halides is 6. The van der Waals surface area contributed by atoms with Crippen molar-refractivity contribution in [1.82, 2.24) is 30.0 Å². The van der Waals surface area contributed by atoms with E-state index in [0.29, 0.717) is 64.5 Å². The van der Waals surface area contributed by atoms with E-state index >= 15 is 0 Å². The molecule has 4 fully saturated rings. The first-order chi connectivity index (χ1) is 23.7. The number of halogens is 6. The van der Waals surface area contributed by atoms with Gasteiger partial charge in [-0.2, -0.15) is 26.3 Å². The second-order valence-electron chi connectivity index (χ2n) is 14.5. The number of nitrogens with zero attached hydrogens (tertiary/aromatic N) is 5. The molecule has 0 radical (unpaired) electrons. The molecule has 0 saturated carbocycles. The minimum Gasteiger partial charge on any atom is -0.444 e. The number of likely N-dealkylation sites (tertiary alicyclic amines) is 3. The van der Waals surface area contributed by atoms with Crippen LogP contribution in [-0.2, 0) is 17.1 Å². The number of piperidine rings is 2. The molecule has 0 unspecified atom stereocenters. The molecule has 2 aromatic heterocycles. The number of hydrogen-bond donors (Lipinski definition) is 1. The van der Waals surface area contributed by atoms with Gasteiger partial charge in [0.2, 0.25) is 0 Å². The molecule has 4 saturated heterocycles. The summed E-state index contributed by atoms with van der Waals surface area (Å²) >= 11 is 0. The Morgan fingerprint density at radius 2 is 1.06 bits per heavy atom. The Labute approximate surface area is 290 Å². The number of carbonyl (C=O) groups excluding carboxylic acids is 3. The van der Waals surface area contributed by atoms with Gasteiger partial charge >= 0.3 is 30.6 Å². The molecule has 4 aliphatic heterocycles. The van der Waals surface area contributed by atoms with Crippen molar-refractivity contribution in [3.05, 3.63) is 48.0 Å². The number of pyridine rings is 2. The second-order valence-corrected chi connectivity index (χ2v) is 14.5. The predicted octanol–water partition coefficient (Wildman–Crippen LogP) is 6.22. The lowest BCUT2D eigenvalue weighted by atomic mass is 9.72. The van der Waals surface area contributed by atoms with E-state index in [2.05, 4.69) is 15.3 Å². The molecule has 0 bridgehead atoms. The minimum absolute atomic E-state index is 0.0502. The summed E-state index contributed by atoms with van der Waals surface area (Å²) in [6.45, 7) is 10.4. The van der Waals surface area contributed by atoms with Gasteiger partial charge in [-0.05, 0) is 64.0 Å². The van der Waals surface area contributed by atoms with Crippen LogP contribution < -0.4 is 14.8 Å². The predicted molar refractivity (Wildman–Crippen MR) is 168 cm³/mol. The Balaban J connectivity index is 0.000000205. The summed E-state index contributed by atoms with van der Waals surface area (Å²) in [5.74, 6) is -0.435. The zero-order valence-electron chi connectivity index (χ0n) is 28.4. The van der Waals surface area contributed by atoms with Crippen molar-refractivity contribution in [2.45, 2.75) is 64.4 Å². The van der Waals surface area contributed by atoms with Crippen LogP contribution >= 0.6 is 0 Å². The number of amides is 3. The van der Waals surface area contributed by atoms with Gasteiger partial charge in [-0.3, -0.25) is 9.97 Å². The summed E-state index contributed by atoms with van der Waals surface area (Å²) < 4.78 is 91.4. The molecule has 18 heteroatoms. The summed E-state index contributed by atoms with van der Waals surface area (Å²) in [7, 11) is 0. The number of ether oxygens (including phenoxy) is 3. The fourth-order valence-electron chi connectivity index (χ4n) is 6.28. The molecular weight excluding hydrogens is 690 g/mol. The van der Waals surface area contributed by atoms with Crippen molar-refractivity contribution in [2.24, 2.45) is 10.8 Å². The van der Waals surface area contributed by atoms with Crippen molar-refractivity contribution in [2.75, 3.05) is 52.4 Å². The van der Waals surface area contributed by atoms with E-state index in [1.165, 1.54) is 9.80 Å². The van der Waals surface area contributed by atoms with Gasteiger partial charge in [0.1, 0.15) is 5.60 Å². The van der Waals surface area contributed by atoms with Gasteiger partial charge in [-0.15, -0.1) is 0 Å². The highest BCUT2D eigenvalue weighted by Gasteiger charge is 2.48. The van der Waals surface area contributed by atoms with Crippen LogP contribution in [-0.4, -0.2) is 101 Å². The molecule has 12 nitrogen and oxygen atoms in total. The van der Waals surface area contributed by atoms with Crippen LogP contribution in [0.15, 0.2) is 36.9 Å². The molecule has 280 valence electrons. The molecule has 2 aromatic rings. The van der Waals surface area contributed by atoms with Gasteiger partial charge in [-0.25, -0.2) is 14.4 Å². The summed E-state index contributed by atoms with van der Waals surface area (Å²) in [5.41, 5.74) is -2.22. The quantitative estimate of drug-likeness (QED) is 0.359. The lowest BCUT2D eigenvalue weighted by molar-refractivity contribution is -0.138. The first-order valence-corrected chi connectivity index (χ1v) is 16.4. The Kier molecular flexibility index (Phi) is 10.7. The van der Waals surface area contributed by atoms with Crippen molar-refractivity contribution in [3.8, 4) is 11.5 Å². The highest BCUT2D eigenvalue weighted by molar-refractivity contribution is 5.72. The molecule has 4 aliphatic rings. The molecule has 6 rings (SSSR count). The molecule has 6 heterocycles. The van der Waals surface area contributed by atoms with E-state index in [9.17, 15) is 40.7 Å². The Morgan fingerprint density at radius 1 is 0.647 bits per heavy atom.